The molecule has 0 N–H and O–H groups in total. The van der Waals surface area contributed by atoms with Crippen LogP contribution in [-0.2, 0) is 19.1 Å². The number of halogens is 1. The number of anilines is 1. The standard InChI is InChI=1S/C19H20ClNO4/c1-11(2)9-24-18(23)15-14-7-8-19(25-14)10-21(17(22)16(15)19)13-5-3-12(20)4-6-13/h3-8,11,14-16H,9-10H2,1-2H3/t14-,15-,16+,19+/m1/s1. The van der Waals surface area contributed by atoms with Crippen LogP contribution in [0.1, 0.15) is 13.8 Å². The fourth-order valence-electron chi connectivity index (χ4n) is 3.95. The lowest BCUT2D eigenvalue weighted by Gasteiger charge is -2.23. The third kappa shape index (κ3) is 2.57. The molecule has 132 valence electrons. The number of hydrogen-bond acceptors (Lipinski definition) is 4. The molecule has 0 unspecified atom stereocenters. The molecule has 0 saturated carbocycles. The van der Waals surface area contributed by atoms with Crippen LogP contribution in [-0.4, -0.2) is 36.7 Å². The molecule has 5 nitrogen and oxygen atoms in total. The predicted molar refractivity (Wildman–Crippen MR) is 93.3 cm³/mol. The molecule has 2 fully saturated rings. The van der Waals surface area contributed by atoms with E-state index in [1.165, 1.54) is 0 Å². The van der Waals surface area contributed by atoms with Crippen LogP contribution in [0, 0.1) is 17.8 Å². The molecule has 3 heterocycles. The van der Waals surface area contributed by atoms with Crippen LogP contribution in [0.25, 0.3) is 0 Å². The minimum absolute atomic E-state index is 0.0966. The number of carbonyl (C=O) groups is 2. The highest BCUT2D eigenvalue weighted by Gasteiger charge is 2.67. The quantitative estimate of drug-likeness (QED) is 0.611. The molecule has 0 aromatic heterocycles. The smallest absolute Gasteiger partial charge is 0.312 e. The number of nitrogens with zero attached hydrogens (tertiary/aromatic N) is 1. The molecular weight excluding hydrogens is 342 g/mol. The van der Waals surface area contributed by atoms with Gasteiger partial charge in [0.1, 0.15) is 11.5 Å². The minimum Gasteiger partial charge on any atom is -0.465 e. The van der Waals surface area contributed by atoms with Crippen molar-refractivity contribution in [1.29, 1.82) is 0 Å². The Balaban J connectivity index is 1.61. The second kappa shape index (κ2) is 5.85. The lowest BCUT2D eigenvalue weighted by Crippen LogP contribution is -2.40. The minimum atomic E-state index is -0.733. The summed E-state index contributed by atoms with van der Waals surface area (Å²) in [5, 5.41) is 0.612. The number of carbonyl (C=O) groups excluding carboxylic acids is 2. The van der Waals surface area contributed by atoms with Crippen LogP contribution in [0.15, 0.2) is 36.4 Å². The SMILES string of the molecule is CC(C)COC(=O)[C@H]1[C@H]2C(=O)N(c3ccc(Cl)cc3)C[C@@]23C=C[C@H]1O3. The van der Waals surface area contributed by atoms with Crippen molar-refractivity contribution < 1.29 is 19.1 Å². The summed E-state index contributed by atoms with van der Waals surface area (Å²) >= 11 is 5.94. The van der Waals surface area contributed by atoms with Crippen LogP contribution in [0.3, 0.4) is 0 Å². The number of fused-ring (bicyclic) bond motifs is 1. The van der Waals surface area contributed by atoms with Gasteiger partial charge in [0.15, 0.2) is 0 Å². The third-order valence-corrected chi connectivity index (χ3v) is 5.32. The van der Waals surface area contributed by atoms with Gasteiger partial charge in [-0.1, -0.05) is 37.6 Å². The van der Waals surface area contributed by atoms with Crippen LogP contribution in [0.4, 0.5) is 5.69 Å². The summed E-state index contributed by atoms with van der Waals surface area (Å²) in [7, 11) is 0. The number of amides is 1. The summed E-state index contributed by atoms with van der Waals surface area (Å²) in [5.41, 5.74) is 0.0241. The molecule has 2 bridgehead atoms. The van der Waals surface area contributed by atoms with Gasteiger partial charge in [0.05, 0.1) is 25.2 Å². The molecule has 1 aromatic carbocycles. The fraction of sp³-hybridized carbons (Fsp3) is 0.474. The maximum absolute atomic E-state index is 13.1. The van der Waals surface area contributed by atoms with Gasteiger partial charge in [-0.3, -0.25) is 9.59 Å². The zero-order valence-corrected chi connectivity index (χ0v) is 14.9. The van der Waals surface area contributed by atoms with E-state index in [0.29, 0.717) is 18.2 Å². The summed E-state index contributed by atoms with van der Waals surface area (Å²) in [6.07, 6.45) is 3.44. The van der Waals surface area contributed by atoms with E-state index in [-0.39, 0.29) is 23.9 Å². The Morgan fingerprint density at radius 1 is 1.40 bits per heavy atom. The van der Waals surface area contributed by atoms with Crippen molar-refractivity contribution in [3.63, 3.8) is 0 Å². The van der Waals surface area contributed by atoms with Crippen molar-refractivity contribution in [2.45, 2.75) is 25.6 Å². The Labute approximate surface area is 151 Å². The van der Waals surface area contributed by atoms with Crippen molar-refractivity contribution in [2.75, 3.05) is 18.1 Å². The van der Waals surface area contributed by atoms with Gasteiger partial charge in [0.25, 0.3) is 0 Å². The Bertz CT molecular complexity index is 744. The molecule has 0 radical (unpaired) electrons. The Morgan fingerprint density at radius 3 is 2.80 bits per heavy atom. The van der Waals surface area contributed by atoms with Crippen molar-refractivity contribution in [3.05, 3.63) is 41.4 Å². The highest BCUT2D eigenvalue weighted by Crippen LogP contribution is 2.52. The van der Waals surface area contributed by atoms with Crippen molar-refractivity contribution in [1.82, 2.24) is 0 Å². The predicted octanol–water partition coefficient (Wildman–Crippen LogP) is 2.83. The number of rotatable bonds is 4. The van der Waals surface area contributed by atoms with E-state index in [4.69, 9.17) is 21.1 Å². The highest BCUT2D eigenvalue weighted by molar-refractivity contribution is 6.30. The van der Waals surface area contributed by atoms with Gasteiger partial charge in [0.2, 0.25) is 5.91 Å². The summed E-state index contributed by atoms with van der Waals surface area (Å²) in [6.45, 7) is 4.71. The summed E-state index contributed by atoms with van der Waals surface area (Å²) in [4.78, 5) is 27.3. The van der Waals surface area contributed by atoms with Crippen molar-refractivity contribution in [3.8, 4) is 0 Å². The van der Waals surface area contributed by atoms with Gasteiger partial charge in [-0.15, -0.1) is 0 Å². The third-order valence-electron chi connectivity index (χ3n) is 5.07. The fourth-order valence-corrected chi connectivity index (χ4v) is 4.08. The average Bonchev–Trinajstić information content (AvgIpc) is 3.22. The molecule has 1 aromatic rings. The molecule has 0 aliphatic carbocycles. The van der Waals surface area contributed by atoms with E-state index < -0.39 is 17.4 Å². The number of hydrogen-bond donors (Lipinski definition) is 0. The zero-order chi connectivity index (χ0) is 17.8. The van der Waals surface area contributed by atoms with Crippen molar-refractivity contribution in [2.24, 2.45) is 17.8 Å². The molecule has 1 spiro atoms. The normalized spacial score (nSPS) is 32.6. The zero-order valence-electron chi connectivity index (χ0n) is 14.1. The van der Waals surface area contributed by atoms with E-state index in [1.54, 1.807) is 29.2 Å². The maximum atomic E-state index is 13.1. The van der Waals surface area contributed by atoms with Gasteiger partial charge in [-0.2, -0.15) is 0 Å². The van der Waals surface area contributed by atoms with E-state index in [2.05, 4.69) is 0 Å². The number of benzene rings is 1. The molecule has 3 aliphatic heterocycles. The van der Waals surface area contributed by atoms with Gasteiger partial charge in [0, 0.05) is 10.7 Å². The molecule has 1 amide bonds. The van der Waals surface area contributed by atoms with Crippen LogP contribution in [0.2, 0.25) is 5.02 Å². The summed E-state index contributed by atoms with van der Waals surface area (Å²) < 4.78 is 11.5. The lowest BCUT2D eigenvalue weighted by molar-refractivity contribution is -0.153. The molecule has 2 saturated heterocycles. The molecule has 6 heteroatoms. The summed E-state index contributed by atoms with van der Waals surface area (Å²) in [6, 6.07) is 7.11. The van der Waals surface area contributed by atoms with Gasteiger partial charge >= 0.3 is 5.97 Å². The van der Waals surface area contributed by atoms with Gasteiger partial charge < -0.3 is 14.4 Å². The first-order valence-electron chi connectivity index (χ1n) is 8.52. The monoisotopic (exact) mass is 361 g/mol. The second-order valence-electron chi connectivity index (χ2n) is 7.32. The van der Waals surface area contributed by atoms with Gasteiger partial charge in [-0.25, -0.2) is 0 Å². The topological polar surface area (TPSA) is 55.8 Å². The average molecular weight is 362 g/mol. The molecule has 3 aliphatic rings. The Kier molecular flexibility index (Phi) is 3.89. The van der Waals surface area contributed by atoms with E-state index in [0.717, 1.165) is 5.69 Å². The lowest BCUT2D eigenvalue weighted by atomic mass is 9.77. The molecule has 4 atom stereocenters. The Morgan fingerprint density at radius 2 is 2.12 bits per heavy atom. The first-order valence-corrected chi connectivity index (χ1v) is 8.90. The molecular formula is C19H20ClNO4. The van der Waals surface area contributed by atoms with E-state index in [9.17, 15) is 9.59 Å². The number of esters is 1. The maximum Gasteiger partial charge on any atom is 0.312 e. The van der Waals surface area contributed by atoms with Crippen LogP contribution < -0.4 is 4.90 Å². The highest BCUT2D eigenvalue weighted by atomic mass is 35.5. The Hall–Kier alpha value is -1.85. The summed E-state index contributed by atoms with van der Waals surface area (Å²) in [5.74, 6) is -1.30. The first kappa shape index (κ1) is 16.6. The largest absolute Gasteiger partial charge is 0.465 e. The number of ether oxygens (including phenoxy) is 2. The van der Waals surface area contributed by atoms with Crippen LogP contribution >= 0.6 is 11.6 Å². The molecule has 25 heavy (non-hydrogen) atoms. The first-order chi connectivity index (χ1) is 11.9. The van der Waals surface area contributed by atoms with E-state index in [1.807, 2.05) is 26.0 Å². The molecule has 4 rings (SSSR count). The van der Waals surface area contributed by atoms with Crippen molar-refractivity contribution >= 4 is 29.2 Å². The van der Waals surface area contributed by atoms with E-state index >= 15 is 0 Å². The second-order valence-corrected chi connectivity index (χ2v) is 7.76. The van der Waals surface area contributed by atoms with Gasteiger partial charge in [-0.05, 0) is 30.2 Å². The van der Waals surface area contributed by atoms with Crippen LogP contribution in [0.5, 0.6) is 0 Å².